The standard InChI is InChI=1S/C9H3Cl7N2OS2/c10-4-1-2-5-6(3-4)18(21-9(14,15)16)7(19)17(5)20-8(11,12)13/h1-3H. The first-order valence-electron chi connectivity index (χ1n) is 4.93. The van der Waals surface area contributed by atoms with Crippen LogP contribution in [0, 0.1) is 0 Å². The van der Waals surface area contributed by atoms with E-state index >= 15 is 0 Å². The SMILES string of the molecule is O=c1n(SC(Cl)(Cl)Cl)c2ccc(Cl)cc2n1SC(Cl)(Cl)Cl. The molecule has 1 aromatic heterocycles. The van der Waals surface area contributed by atoms with Crippen molar-refractivity contribution in [1.29, 1.82) is 0 Å². The molecule has 116 valence electrons. The number of alkyl halides is 6. The fourth-order valence-electron chi connectivity index (χ4n) is 1.50. The Balaban J connectivity index is 2.70. The maximum Gasteiger partial charge on any atom is 0.349 e. The van der Waals surface area contributed by atoms with Gasteiger partial charge < -0.3 is 0 Å². The number of aromatic nitrogens is 2. The van der Waals surface area contributed by atoms with Gasteiger partial charge in [-0.25, -0.2) is 12.7 Å². The summed E-state index contributed by atoms with van der Waals surface area (Å²) < 4.78 is -1.09. The number of fused-ring (bicyclic) bond motifs is 1. The Morgan fingerprint density at radius 2 is 1.33 bits per heavy atom. The Morgan fingerprint density at radius 1 is 0.857 bits per heavy atom. The molecule has 12 heteroatoms. The number of halogens is 7. The molecule has 0 unspecified atom stereocenters. The van der Waals surface area contributed by atoms with E-state index in [-0.39, 0.29) is 0 Å². The number of benzene rings is 1. The first kappa shape index (κ1) is 18.6. The largest absolute Gasteiger partial charge is 0.349 e. The molecule has 0 aliphatic rings. The summed E-state index contributed by atoms with van der Waals surface area (Å²) in [4.78, 5) is 12.4. The third-order valence-electron chi connectivity index (χ3n) is 2.11. The lowest BCUT2D eigenvalue weighted by Gasteiger charge is -2.10. The molecular formula is C9H3Cl7N2OS2. The number of hydrogen-bond donors (Lipinski definition) is 0. The van der Waals surface area contributed by atoms with Gasteiger partial charge in [-0.3, -0.25) is 0 Å². The zero-order valence-corrected chi connectivity index (χ0v) is 16.4. The minimum absolute atomic E-state index is 0.414. The smallest absolute Gasteiger partial charge is 0.246 e. The predicted octanol–water partition coefficient (Wildman–Crippen LogP) is 6.10. The molecule has 0 aliphatic heterocycles. The van der Waals surface area contributed by atoms with Crippen molar-refractivity contribution in [2.45, 2.75) is 6.25 Å². The van der Waals surface area contributed by atoms with Crippen LogP contribution in [0.3, 0.4) is 0 Å². The quantitative estimate of drug-likeness (QED) is 0.499. The van der Waals surface area contributed by atoms with Gasteiger partial charge in [-0.05, 0) is 18.2 Å². The normalized spacial score (nSPS) is 13.1. The highest BCUT2D eigenvalue weighted by Crippen LogP contribution is 2.43. The minimum atomic E-state index is -1.74. The number of rotatable bonds is 2. The van der Waals surface area contributed by atoms with Crippen molar-refractivity contribution in [3.63, 3.8) is 0 Å². The second-order valence-electron chi connectivity index (χ2n) is 3.58. The fraction of sp³-hybridized carbons (Fsp3) is 0.222. The van der Waals surface area contributed by atoms with E-state index in [2.05, 4.69) is 0 Å². The molecule has 2 rings (SSSR count). The molecule has 1 heterocycles. The van der Waals surface area contributed by atoms with Crippen molar-refractivity contribution in [2.24, 2.45) is 0 Å². The van der Waals surface area contributed by atoms with E-state index in [0.717, 1.165) is 0 Å². The van der Waals surface area contributed by atoms with Crippen LogP contribution in [0.15, 0.2) is 23.0 Å². The molecular weight excluding hydrogens is 464 g/mol. The molecule has 2 aromatic rings. The van der Waals surface area contributed by atoms with E-state index in [1.807, 2.05) is 0 Å². The summed E-state index contributed by atoms with van der Waals surface area (Å²) in [6.45, 7) is 0. The topological polar surface area (TPSA) is 26.9 Å². The van der Waals surface area contributed by atoms with E-state index in [9.17, 15) is 4.79 Å². The van der Waals surface area contributed by atoms with Crippen LogP contribution in [-0.4, -0.2) is 14.2 Å². The van der Waals surface area contributed by atoms with Crippen LogP contribution in [0.5, 0.6) is 0 Å². The Labute approximate surface area is 162 Å². The Bertz CT molecular complexity index is 730. The molecule has 0 spiro atoms. The summed E-state index contributed by atoms with van der Waals surface area (Å²) in [5.74, 6) is 0. The Morgan fingerprint density at radius 3 is 1.81 bits per heavy atom. The number of hydrogen-bond acceptors (Lipinski definition) is 3. The maximum absolute atomic E-state index is 12.4. The highest BCUT2D eigenvalue weighted by Gasteiger charge is 2.29. The zero-order valence-electron chi connectivity index (χ0n) is 9.50. The summed E-state index contributed by atoms with van der Waals surface area (Å²) in [6, 6.07) is 4.76. The summed E-state index contributed by atoms with van der Waals surface area (Å²) in [6.07, 6.45) is 0. The third-order valence-corrected chi connectivity index (χ3v) is 5.07. The molecule has 0 aliphatic carbocycles. The molecule has 0 bridgehead atoms. The van der Waals surface area contributed by atoms with Gasteiger partial charge in [-0.1, -0.05) is 81.2 Å². The van der Waals surface area contributed by atoms with E-state index in [0.29, 0.717) is 40.0 Å². The van der Waals surface area contributed by atoms with Gasteiger partial charge in [0.1, 0.15) is 0 Å². The van der Waals surface area contributed by atoms with Crippen LogP contribution in [0.25, 0.3) is 11.0 Å². The number of imidazole rings is 1. The summed E-state index contributed by atoms with van der Waals surface area (Å²) in [5.41, 5.74) is 0.382. The fourth-order valence-corrected chi connectivity index (χ4v) is 4.19. The van der Waals surface area contributed by atoms with Crippen molar-refractivity contribution >= 4 is 116 Å². The second kappa shape index (κ2) is 6.61. The Hall–Kier alpha value is 1.22. The van der Waals surface area contributed by atoms with Crippen LogP contribution >= 0.6 is 105 Å². The molecule has 0 saturated carbocycles. The number of nitrogens with zero attached hydrogens (tertiary/aromatic N) is 2. The third kappa shape index (κ3) is 4.85. The van der Waals surface area contributed by atoms with Gasteiger partial charge in [0.15, 0.2) is 0 Å². The minimum Gasteiger partial charge on any atom is -0.246 e. The monoisotopic (exact) mass is 464 g/mol. The first-order chi connectivity index (χ1) is 9.48. The van der Waals surface area contributed by atoms with Gasteiger partial charge in [0, 0.05) is 28.9 Å². The summed E-state index contributed by atoms with van der Waals surface area (Å²) >= 11 is 41.7. The molecule has 1 aromatic carbocycles. The van der Waals surface area contributed by atoms with E-state index in [1.165, 1.54) is 7.94 Å². The van der Waals surface area contributed by atoms with E-state index in [4.69, 9.17) is 81.2 Å². The summed E-state index contributed by atoms with van der Waals surface area (Å²) in [7, 11) is 0. The average molecular weight is 467 g/mol. The van der Waals surface area contributed by atoms with Gasteiger partial charge in [0.2, 0.25) is 0 Å². The lowest BCUT2D eigenvalue weighted by Crippen LogP contribution is -2.21. The van der Waals surface area contributed by atoms with Crippen molar-refractivity contribution in [1.82, 2.24) is 7.94 Å². The molecule has 0 radical (unpaired) electrons. The van der Waals surface area contributed by atoms with Crippen molar-refractivity contribution in [3.05, 3.63) is 33.7 Å². The highest BCUT2D eigenvalue weighted by molar-refractivity contribution is 8.04. The van der Waals surface area contributed by atoms with Crippen LogP contribution in [0.4, 0.5) is 0 Å². The van der Waals surface area contributed by atoms with Crippen LogP contribution in [0.1, 0.15) is 0 Å². The van der Waals surface area contributed by atoms with Crippen molar-refractivity contribution in [3.8, 4) is 0 Å². The second-order valence-corrected chi connectivity index (χ2v) is 12.2. The van der Waals surface area contributed by atoms with Crippen molar-refractivity contribution < 1.29 is 0 Å². The van der Waals surface area contributed by atoms with Crippen LogP contribution < -0.4 is 5.69 Å². The first-order valence-corrected chi connectivity index (χ1v) is 9.13. The van der Waals surface area contributed by atoms with Gasteiger partial charge in [0.25, 0.3) is 6.25 Å². The maximum atomic E-state index is 12.4. The average Bonchev–Trinajstić information content (AvgIpc) is 2.51. The highest BCUT2D eigenvalue weighted by atomic mass is 35.6. The van der Waals surface area contributed by atoms with E-state index in [1.54, 1.807) is 18.2 Å². The molecule has 0 saturated heterocycles. The lowest BCUT2D eigenvalue weighted by molar-refractivity contribution is 1.10. The van der Waals surface area contributed by atoms with Gasteiger partial charge in [0.05, 0.1) is 11.0 Å². The van der Waals surface area contributed by atoms with Gasteiger partial charge in [-0.15, -0.1) is 0 Å². The molecule has 0 N–H and O–H groups in total. The van der Waals surface area contributed by atoms with Gasteiger partial charge >= 0.3 is 5.69 Å². The van der Waals surface area contributed by atoms with Crippen LogP contribution in [0.2, 0.25) is 5.02 Å². The molecule has 3 nitrogen and oxygen atoms in total. The molecule has 21 heavy (non-hydrogen) atoms. The predicted molar refractivity (Wildman–Crippen MR) is 97.8 cm³/mol. The molecule has 0 fully saturated rings. The van der Waals surface area contributed by atoms with Crippen molar-refractivity contribution in [2.75, 3.05) is 0 Å². The van der Waals surface area contributed by atoms with Gasteiger partial charge in [-0.2, -0.15) is 0 Å². The lowest BCUT2D eigenvalue weighted by atomic mass is 10.3. The molecule has 0 amide bonds. The van der Waals surface area contributed by atoms with Crippen LogP contribution in [-0.2, 0) is 0 Å². The van der Waals surface area contributed by atoms with E-state index < -0.39 is 11.9 Å². The Kier molecular flexibility index (Phi) is 5.84. The zero-order chi connectivity index (χ0) is 16.0. The summed E-state index contributed by atoms with van der Waals surface area (Å²) in [5, 5.41) is 0.414. The molecule has 0 atom stereocenters.